The van der Waals surface area contributed by atoms with Crippen molar-refractivity contribution < 1.29 is 0 Å². The molecule has 12 heteroatoms. The largest absolute Gasteiger partial charge is 0.319 e. The lowest BCUT2D eigenvalue weighted by molar-refractivity contribution is 1.09. The first-order chi connectivity index (χ1) is 53.4. The number of rotatable bonds is 6. The Bertz CT molecular complexity index is 7180. The molecule has 0 aliphatic heterocycles. The number of para-hydroxylation sites is 12. The lowest BCUT2D eigenvalue weighted by Gasteiger charge is -2.19. The predicted octanol–water partition coefficient (Wildman–Crippen LogP) is 24.9. The molecule has 21 aromatic rings. The van der Waals surface area contributed by atoms with Crippen molar-refractivity contribution in [3.8, 4) is 52.3 Å². The normalized spacial score (nSPS) is 11.3. The van der Waals surface area contributed by atoms with Gasteiger partial charge in [-0.05, 0) is 103 Å². The van der Waals surface area contributed by atoms with E-state index in [9.17, 15) is 15.8 Å². The van der Waals surface area contributed by atoms with Gasteiger partial charge in [-0.3, -0.25) is 0 Å². The first-order valence-corrected chi connectivity index (χ1v) is 35.2. The summed E-state index contributed by atoms with van der Waals surface area (Å²) in [6, 6.07) is 118. The van der Waals surface area contributed by atoms with E-state index in [-0.39, 0.29) is 0 Å². The van der Waals surface area contributed by atoms with E-state index in [0.717, 1.165) is 148 Å². The average molecular weight is 1380 g/mol. The zero-order valence-corrected chi connectivity index (χ0v) is 57.5. The number of aromatic nitrogens is 6. The maximum Gasteiger partial charge on any atom is 0.230 e. The summed E-state index contributed by atoms with van der Waals surface area (Å²) in [4.78, 5) is 11.5. The van der Waals surface area contributed by atoms with Gasteiger partial charge >= 0.3 is 0 Å². The number of hydrogen-bond acceptors (Lipinski definition) is 3. The Morgan fingerprint density at radius 1 is 0.213 bits per heavy atom. The third-order valence-electron chi connectivity index (χ3n) is 21.0. The minimum atomic E-state index is 0.341. The minimum Gasteiger partial charge on any atom is -0.319 e. The Hall–Kier alpha value is -16.0. The van der Waals surface area contributed by atoms with Gasteiger partial charge in [0.1, 0.15) is 0 Å². The smallest absolute Gasteiger partial charge is 0.230 e. The highest BCUT2D eigenvalue weighted by Crippen LogP contribution is 2.46. The highest BCUT2D eigenvalue weighted by Gasteiger charge is 2.27. The second-order valence-corrected chi connectivity index (χ2v) is 26.4. The quantitative estimate of drug-likeness (QED) is 0.154. The summed E-state index contributed by atoms with van der Waals surface area (Å²) in [6.07, 6.45) is 0. The molecule has 6 aromatic heterocycles. The lowest BCUT2D eigenvalue weighted by Crippen LogP contribution is -2.06. The second-order valence-electron chi connectivity index (χ2n) is 26.4. The maximum absolute atomic E-state index is 10.4. The lowest BCUT2D eigenvalue weighted by atomic mass is 10.1. The van der Waals surface area contributed by atoms with Gasteiger partial charge in [-0.15, -0.1) is 0 Å². The maximum atomic E-state index is 10.4. The van der Waals surface area contributed by atoms with E-state index in [4.69, 9.17) is 19.7 Å². The molecule has 0 radical (unpaired) electrons. The molecule has 0 amide bonds. The molecule has 0 fully saturated rings. The molecule has 21 rings (SSSR count). The first kappa shape index (κ1) is 63.0. The summed E-state index contributed by atoms with van der Waals surface area (Å²) in [7, 11) is 0. The Balaban J connectivity index is 0.000000110. The molecule has 0 aliphatic carbocycles. The van der Waals surface area contributed by atoms with Crippen LogP contribution in [0.4, 0.5) is 17.1 Å². The van der Waals surface area contributed by atoms with Gasteiger partial charge in [-0.2, -0.15) is 15.8 Å². The topological polar surface area (TPSA) is 114 Å². The van der Waals surface area contributed by atoms with Crippen molar-refractivity contribution in [3.05, 3.63) is 379 Å². The van der Waals surface area contributed by atoms with Crippen LogP contribution in [0.3, 0.4) is 0 Å². The number of benzene rings is 15. The third kappa shape index (κ3) is 9.51. The summed E-state index contributed by atoms with van der Waals surface area (Å²) in [5, 5.41) is 44.6. The SMILES string of the molecule is [C-]#[N+]c1c(-n2c3ccccc3c3ccccc32)ccc(-n2c3ccccc3c3ccccc32)c1C#N.[C-]#[N+]c1cc(-n2c3ccccc3c3ccccc32)cc(-n2c3ccccc3c3ccccc32)c1C#N.[C-]#[N+]c1ccc(-n2c3ccccc3c3ccccc32)c(-n2c3ccccc3c3ccccc32)c1C#N. The van der Waals surface area contributed by atoms with Gasteiger partial charge in [0.05, 0.1) is 149 Å². The molecule has 0 N–H and O–H groups in total. The van der Waals surface area contributed by atoms with Crippen LogP contribution in [0.2, 0.25) is 0 Å². The molecule has 12 nitrogen and oxygen atoms in total. The fourth-order valence-electron chi connectivity index (χ4n) is 16.5. The summed E-state index contributed by atoms with van der Waals surface area (Å²) >= 11 is 0. The molecule has 0 saturated heterocycles. The summed E-state index contributed by atoms with van der Waals surface area (Å²) in [5.74, 6) is 0. The molecule has 0 aliphatic rings. The van der Waals surface area contributed by atoms with Crippen molar-refractivity contribution in [3.63, 3.8) is 0 Å². The zero-order valence-electron chi connectivity index (χ0n) is 57.5. The van der Waals surface area contributed by atoms with Crippen LogP contribution in [0.1, 0.15) is 16.7 Å². The number of nitrogens with zero attached hydrogens (tertiary/aromatic N) is 12. The van der Waals surface area contributed by atoms with E-state index < -0.39 is 0 Å². The van der Waals surface area contributed by atoms with E-state index >= 15 is 0 Å². The highest BCUT2D eigenvalue weighted by atomic mass is 15.1. The van der Waals surface area contributed by atoms with Crippen molar-refractivity contribution in [1.82, 2.24) is 27.4 Å². The van der Waals surface area contributed by atoms with Crippen LogP contribution in [-0.2, 0) is 0 Å². The van der Waals surface area contributed by atoms with Crippen LogP contribution < -0.4 is 0 Å². The van der Waals surface area contributed by atoms with Crippen LogP contribution in [0.15, 0.2) is 328 Å². The summed E-state index contributed by atoms with van der Waals surface area (Å²) < 4.78 is 12.9. The molecule has 498 valence electrons. The molecule has 108 heavy (non-hydrogen) atoms. The molecule has 15 aromatic carbocycles. The van der Waals surface area contributed by atoms with Crippen LogP contribution in [0, 0.1) is 53.7 Å². The van der Waals surface area contributed by atoms with Crippen molar-refractivity contribution >= 4 is 148 Å². The molecule has 0 spiro atoms. The molecular formula is C96H54N12. The average Bonchev–Trinajstić information content (AvgIpc) is 1.56. The van der Waals surface area contributed by atoms with E-state index in [1.165, 1.54) is 0 Å². The van der Waals surface area contributed by atoms with Crippen molar-refractivity contribution in [2.75, 3.05) is 0 Å². The van der Waals surface area contributed by atoms with Gasteiger partial charge in [0.2, 0.25) is 17.1 Å². The Kier molecular flexibility index (Phi) is 14.9. The van der Waals surface area contributed by atoms with E-state index in [2.05, 4.69) is 218 Å². The van der Waals surface area contributed by atoms with Gasteiger partial charge in [0.25, 0.3) is 0 Å². The fourth-order valence-corrected chi connectivity index (χ4v) is 16.5. The van der Waals surface area contributed by atoms with Gasteiger partial charge in [-0.1, -0.05) is 224 Å². The van der Waals surface area contributed by atoms with E-state index in [1.54, 1.807) is 6.07 Å². The minimum absolute atomic E-state index is 0.341. The highest BCUT2D eigenvalue weighted by molar-refractivity contribution is 6.15. The van der Waals surface area contributed by atoms with Crippen molar-refractivity contribution in [2.45, 2.75) is 0 Å². The number of nitriles is 3. The van der Waals surface area contributed by atoms with Gasteiger partial charge in [-0.25, -0.2) is 14.5 Å². The molecule has 0 unspecified atom stereocenters. The van der Waals surface area contributed by atoms with Gasteiger partial charge in [0.15, 0.2) is 0 Å². The molecule has 0 saturated carbocycles. The van der Waals surface area contributed by atoms with Gasteiger partial charge < -0.3 is 27.4 Å². The third-order valence-corrected chi connectivity index (χ3v) is 21.0. The molecular weight excluding hydrogens is 1320 g/mol. The van der Waals surface area contributed by atoms with E-state index in [0.29, 0.717) is 50.8 Å². The second kappa shape index (κ2) is 25.5. The Morgan fingerprint density at radius 3 is 0.759 bits per heavy atom. The van der Waals surface area contributed by atoms with Crippen molar-refractivity contribution in [1.29, 1.82) is 15.8 Å². The van der Waals surface area contributed by atoms with Crippen LogP contribution in [0.25, 0.3) is 179 Å². The Morgan fingerprint density at radius 2 is 0.463 bits per heavy atom. The van der Waals surface area contributed by atoms with Crippen LogP contribution >= 0.6 is 0 Å². The number of fused-ring (bicyclic) bond motifs is 18. The number of hydrogen-bond donors (Lipinski definition) is 0. The standard InChI is InChI=1S/3C32H18N4/c1-34-27-18-21(35-28-14-6-2-10-22(28)23-11-3-7-15-29(23)35)19-32(26(27)20-33)36-30-16-8-4-12-24(30)25-13-5-9-17-31(25)36;1-34-26-18-19-31(35-27-14-6-2-10-21(27)22-11-3-7-15-28(22)35)32(25(26)20-33)36-29-16-8-4-12-23(29)24-13-5-9-17-30(24)36;1-34-32-25(20-33)30(35-26-14-6-2-10-21(26)22-11-3-7-15-27(22)35)18-19-31(32)36-28-16-8-4-12-23(28)24-13-5-9-17-29(24)36/h3*2-19H. The summed E-state index contributed by atoms with van der Waals surface area (Å²) in [6.45, 7) is 23.9. The first-order valence-electron chi connectivity index (χ1n) is 35.2. The predicted molar refractivity (Wildman–Crippen MR) is 438 cm³/mol. The molecule has 6 heterocycles. The Labute approximate surface area is 618 Å². The van der Waals surface area contributed by atoms with Crippen LogP contribution in [-0.4, -0.2) is 27.4 Å². The van der Waals surface area contributed by atoms with Crippen LogP contribution in [0.5, 0.6) is 0 Å². The zero-order chi connectivity index (χ0) is 72.7. The summed E-state index contributed by atoms with van der Waals surface area (Å²) in [5.41, 5.74) is 19.0. The molecule has 0 bridgehead atoms. The molecule has 0 atom stereocenters. The fraction of sp³-hybridized carbons (Fsp3) is 0. The van der Waals surface area contributed by atoms with E-state index in [1.807, 2.05) is 164 Å². The van der Waals surface area contributed by atoms with Gasteiger partial charge in [0, 0.05) is 70.3 Å². The van der Waals surface area contributed by atoms with Crippen molar-refractivity contribution in [2.24, 2.45) is 0 Å². The monoisotopic (exact) mass is 1370 g/mol.